The molecule has 1 aromatic rings. The highest BCUT2D eigenvalue weighted by molar-refractivity contribution is 5.78. The Morgan fingerprint density at radius 2 is 2.17 bits per heavy atom. The van der Waals surface area contributed by atoms with Crippen LogP contribution in [0.1, 0.15) is 26.2 Å². The molecule has 3 rings (SSSR count). The van der Waals surface area contributed by atoms with Crippen LogP contribution < -0.4 is 15.4 Å². The Bertz CT molecular complexity index is 574. The molecular weight excluding hydrogens is 300 g/mol. The molecule has 2 unspecified atom stereocenters. The molecule has 0 bridgehead atoms. The molecule has 1 aromatic carbocycles. The first-order chi connectivity index (χ1) is 11.7. The number of hydrogen-bond acceptors (Lipinski definition) is 3. The maximum atomic E-state index is 6.22. The summed E-state index contributed by atoms with van der Waals surface area (Å²) in [5.74, 6) is 2.96. The number of hydrogen-bond donors (Lipinski definition) is 1. The van der Waals surface area contributed by atoms with Gasteiger partial charge in [0.1, 0.15) is 5.75 Å². The normalized spacial score (nSPS) is 25.2. The molecule has 0 radical (unpaired) electrons. The zero-order valence-corrected chi connectivity index (χ0v) is 14.9. The van der Waals surface area contributed by atoms with Crippen LogP contribution in [-0.2, 0) is 0 Å². The highest BCUT2D eigenvalue weighted by atomic mass is 16.5. The van der Waals surface area contributed by atoms with Gasteiger partial charge < -0.3 is 20.3 Å². The lowest BCUT2D eigenvalue weighted by Gasteiger charge is -2.31. The quantitative estimate of drug-likeness (QED) is 0.681. The van der Waals surface area contributed by atoms with E-state index in [1.165, 1.54) is 24.9 Å². The standard InChI is InChI=1S/C19H30N4O/c1-15-5-4-9-23(13-15)19(20)21-12-16-8-10-22(14-16)17-6-3-7-18(11-17)24-2/h3,6-7,11,15-16H,4-5,8-10,12-14H2,1-2H3,(H2,20,21). The van der Waals surface area contributed by atoms with Gasteiger partial charge >= 0.3 is 0 Å². The van der Waals surface area contributed by atoms with Crippen molar-refractivity contribution in [1.29, 1.82) is 0 Å². The first-order valence-electron chi connectivity index (χ1n) is 9.09. The second kappa shape index (κ2) is 7.77. The smallest absolute Gasteiger partial charge is 0.191 e. The maximum absolute atomic E-state index is 6.22. The van der Waals surface area contributed by atoms with Crippen molar-refractivity contribution < 1.29 is 4.74 Å². The average Bonchev–Trinajstić information content (AvgIpc) is 3.09. The van der Waals surface area contributed by atoms with Crippen molar-refractivity contribution in [3.63, 3.8) is 0 Å². The maximum Gasteiger partial charge on any atom is 0.191 e. The molecule has 2 aliphatic rings. The van der Waals surface area contributed by atoms with Crippen LogP contribution in [0.4, 0.5) is 5.69 Å². The number of anilines is 1. The van der Waals surface area contributed by atoms with Crippen LogP contribution in [0.5, 0.6) is 5.75 Å². The monoisotopic (exact) mass is 330 g/mol. The van der Waals surface area contributed by atoms with Crippen LogP contribution >= 0.6 is 0 Å². The van der Waals surface area contributed by atoms with E-state index in [4.69, 9.17) is 15.5 Å². The lowest BCUT2D eigenvalue weighted by molar-refractivity contribution is 0.270. The topological polar surface area (TPSA) is 54.1 Å². The molecule has 2 aliphatic heterocycles. The van der Waals surface area contributed by atoms with Gasteiger partial charge in [-0.1, -0.05) is 13.0 Å². The van der Waals surface area contributed by atoms with Gasteiger partial charge in [0.2, 0.25) is 0 Å². The van der Waals surface area contributed by atoms with Gasteiger partial charge in [-0.25, -0.2) is 0 Å². The molecule has 2 atom stereocenters. The average molecular weight is 330 g/mol. The largest absolute Gasteiger partial charge is 0.497 e. The second-order valence-corrected chi connectivity index (χ2v) is 7.19. The van der Waals surface area contributed by atoms with Crippen molar-refractivity contribution in [3.8, 4) is 5.75 Å². The van der Waals surface area contributed by atoms with E-state index in [9.17, 15) is 0 Å². The predicted molar refractivity (Wildman–Crippen MR) is 99.8 cm³/mol. The molecule has 2 heterocycles. The van der Waals surface area contributed by atoms with E-state index in [-0.39, 0.29) is 0 Å². The lowest BCUT2D eigenvalue weighted by atomic mass is 10.0. The summed E-state index contributed by atoms with van der Waals surface area (Å²) >= 11 is 0. The number of benzene rings is 1. The summed E-state index contributed by atoms with van der Waals surface area (Å²) in [5, 5.41) is 0. The molecule has 0 aliphatic carbocycles. The zero-order valence-electron chi connectivity index (χ0n) is 14.9. The highest BCUT2D eigenvalue weighted by Gasteiger charge is 2.23. The van der Waals surface area contributed by atoms with Crippen LogP contribution in [-0.4, -0.2) is 50.7 Å². The molecule has 0 spiro atoms. The molecule has 0 aromatic heterocycles. The Morgan fingerprint density at radius 1 is 1.29 bits per heavy atom. The summed E-state index contributed by atoms with van der Waals surface area (Å²) in [6.07, 6.45) is 3.71. The summed E-state index contributed by atoms with van der Waals surface area (Å²) in [6, 6.07) is 8.30. The van der Waals surface area contributed by atoms with E-state index in [0.717, 1.165) is 50.4 Å². The molecule has 0 amide bonds. The van der Waals surface area contributed by atoms with E-state index in [1.807, 2.05) is 6.07 Å². The number of piperidine rings is 1. The molecule has 2 saturated heterocycles. The van der Waals surface area contributed by atoms with Crippen molar-refractivity contribution in [1.82, 2.24) is 4.90 Å². The van der Waals surface area contributed by atoms with Gasteiger partial charge in [0.15, 0.2) is 5.96 Å². The summed E-state index contributed by atoms with van der Waals surface area (Å²) in [7, 11) is 1.71. The van der Waals surface area contributed by atoms with Gasteiger partial charge in [0.05, 0.1) is 7.11 Å². The minimum atomic E-state index is 0.581. The summed E-state index contributed by atoms with van der Waals surface area (Å²) in [5.41, 5.74) is 7.45. The van der Waals surface area contributed by atoms with Crippen molar-refractivity contribution in [2.75, 3.05) is 44.7 Å². The second-order valence-electron chi connectivity index (χ2n) is 7.19. The van der Waals surface area contributed by atoms with E-state index >= 15 is 0 Å². The summed E-state index contributed by atoms with van der Waals surface area (Å²) in [6.45, 7) is 7.35. The van der Waals surface area contributed by atoms with E-state index in [0.29, 0.717) is 5.92 Å². The number of guanidine groups is 1. The van der Waals surface area contributed by atoms with Gasteiger partial charge in [-0.05, 0) is 43.2 Å². The lowest BCUT2D eigenvalue weighted by Crippen LogP contribution is -2.43. The van der Waals surface area contributed by atoms with Crippen LogP contribution in [0.15, 0.2) is 29.3 Å². The predicted octanol–water partition coefficient (Wildman–Crippen LogP) is 2.57. The molecule has 2 fully saturated rings. The molecule has 2 N–H and O–H groups in total. The Hall–Kier alpha value is -1.91. The molecular formula is C19H30N4O. The number of methoxy groups -OCH3 is 1. The molecule has 5 nitrogen and oxygen atoms in total. The number of nitrogens with two attached hydrogens (primary N) is 1. The number of rotatable bonds is 4. The van der Waals surface area contributed by atoms with Crippen LogP contribution in [0.25, 0.3) is 0 Å². The fraction of sp³-hybridized carbons (Fsp3) is 0.632. The Morgan fingerprint density at radius 3 is 2.96 bits per heavy atom. The number of aliphatic imine (C=N–C) groups is 1. The fourth-order valence-electron chi connectivity index (χ4n) is 3.74. The van der Waals surface area contributed by atoms with Crippen molar-refractivity contribution in [3.05, 3.63) is 24.3 Å². The number of ether oxygens (including phenoxy) is 1. The highest BCUT2D eigenvalue weighted by Crippen LogP contribution is 2.27. The number of likely N-dealkylation sites (tertiary alicyclic amines) is 1. The molecule has 5 heteroatoms. The Labute approximate surface area is 145 Å². The minimum absolute atomic E-state index is 0.581. The van der Waals surface area contributed by atoms with Gasteiger partial charge in [-0.15, -0.1) is 0 Å². The third-order valence-corrected chi connectivity index (χ3v) is 5.20. The molecule has 24 heavy (non-hydrogen) atoms. The third-order valence-electron chi connectivity index (χ3n) is 5.20. The van der Waals surface area contributed by atoms with Crippen LogP contribution in [0, 0.1) is 11.8 Å². The van der Waals surface area contributed by atoms with Gasteiger partial charge in [-0.2, -0.15) is 0 Å². The summed E-state index contributed by atoms with van der Waals surface area (Å²) in [4.78, 5) is 9.37. The van der Waals surface area contributed by atoms with Crippen molar-refractivity contribution in [2.24, 2.45) is 22.6 Å². The van der Waals surface area contributed by atoms with Crippen LogP contribution in [0.3, 0.4) is 0 Å². The van der Waals surface area contributed by atoms with Gasteiger partial charge in [0, 0.05) is 44.5 Å². The molecule has 0 saturated carbocycles. The first-order valence-corrected chi connectivity index (χ1v) is 9.09. The van der Waals surface area contributed by atoms with Crippen molar-refractivity contribution in [2.45, 2.75) is 26.2 Å². The number of nitrogens with zero attached hydrogens (tertiary/aromatic N) is 3. The minimum Gasteiger partial charge on any atom is -0.497 e. The Balaban J connectivity index is 1.53. The fourth-order valence-corrected chi connectivity index (χ4v) is 3.74. The van der Waals surface area contributed by atoms with E-state index in [2.05, 4.69) is 34.9 Å². The molecule has 132 valence electrons. The Kier molecular flexibility index (Phi) is 5.48. The SMILES string of the molecule is COc1cccc(N2CCC(CN=C(N)N3CCCC(C)C3)C2)c1. The van der Waals surface area contributed by atoms with Gasteiger partial charge in [0.25, 0.3) is 0 Å². The third kappa shape index (κ3) is 4.13. The zero-order chi connectivity index (χ0) is 16.9. The van der Waals surface area contributed by atoms with Crippen LogP contribution in [0.2, 0.25) is 0 Å². The first kappa shape index (κ1) is 16.9. The van der Waals surface area contributed by atoms with E-state index < -0.39 is 0 Å². The van der Waals surface area contributed by atoms with Gasteiger partial charge in [-0.3, -0.25) is 4.99 Å². The summed E-state index contributed by atoms with van der Waals surface area (Å²) < 4.78 is 5.33. The van der Waals surface area contributed by atoms with Crippen molar-refractivity contribution >= 4 is 11.6 Å². The van der Waals surface area contributed by atoms with E-state index in [1.54, 1.807) is 7.11 Å².